The van der Waals surface area contributed by atoms with Crippen molar-refractivity contribution in [1.82, 2.24) is 5.32 Å². The summed E-state index contributed by atoms with van der Waals surface area (Å²) in [7, 11) is 1.60. The van der Waals surface area contributed by atoms with Gasteiger partial charge in [-0.05, 0) is 73.2 Å². The summed E-state index contributed by atoms with van der Waals surface area (Å²) in [5, 5.41) is 5.17. The van der Waals surface area contributed by atoms with Crippen molar-refractivity contribution in [3.8, 4) is 11.5 Å². The molecule has 1 N–H and O–H groups in total. The first-order chi connectivity index (χ1) is 17.1. The molecular formula is C28H32N2O4S. The number of nitrogens with one attached hydrogen (secondary N) is 1. The molecule has 6 nitrogen and oxygen atoms in total. The van der Waals surface area contributed by atoms with Gasteiger partial charge >= 0.3 is 0 Å². The molecular weight excluding hydrogens is 460 g/mol. The predicted molar refractivity (Wildman–Crippen MR) is 139 cm³/mol. The molecule has 3 aromatic rings. The van der Waals surface area contributed by atoms with Crippen LogP contribution in [0.1, 0.15) is 49.1 Å². The summed E-state index contributed by atoms with van der Waals surface area (Å²) >= 11 is 1.53. The maximum atomic E-state index is 13.8. The maximum Gasteiger partial charge on any atom is 0.248 e. The second-order valence-electron chi connectivity index (χ2n) is 8.61. The molecule has 0 radical (unpaired) electrons. The van der Waals surface area contributed by atoms with Crippen LogP contribution in [0.2, 0.25) is 0 Å². The van der Waals surface area contributed by atoms with E-state index in [0.717, 1.165) is 41.9 Å². The highest BCUT2D eigenvalue weighted by atomic mass is 32.1. The maximum absolute atomic E-state index is 13.8. The van der Waals surface area contributed by atoms with E-state index in [1.165, 1.54) is 11.3 Å². The minimum absolute atomic E-state index is 0.137. The van der Waals surface area contributed by atoms with Crippen molar-refractivity contribution in [2.75, 3.05) is 18.6 Å². The molecule has 1 aliphatic carbocycles. The lowest BCUT2D eigenvalue weighted by molar-refractivity contribution is -0.127. The summed E-state index contributed by atoms with van der Waals surface area (Å²) < 4.78 is 10.9. The first-order valence-corrected chi connectivity index (χ1v) is 13.0. The molecule has 1 aromatic heterocycles. The molecule has 0 bridgehead atoms. The average Bonchev–Trinajstić information content (AvgIpc) is 3.58. The lowest BCUT2D eigenvalue weighted by Crippen LogP contribution is -2.46. The third-order valence-corrected chi connectivity index (χ3v) is 7.12. The number of amides is 2. The fraction of sp³-hybridized carbons (Fsp3) is 0.357. The van der Waals surface area contributed by atoms with Gasteiger partial charge in [-0.2, -0.15) is 0 Å². The first kappa shape index (κ1) is 24.8. The minimum atomic E-state index is -0.813. The van der Waals surface area contributed by atoms with Crippen LogP contribution >= 0.6 is 11.3 Å². The van der Waals surface area contributed by atoms with E-state index in [-0.39, 0.29) is 24.3 Å². The number of carbonyl (C=O) groups excluding carboxylic acids is 2. The summed E-state index contributed by atoms with van der Waals surface area (Å²) in [6.45, 7) is 2.49. The van der Waals surface area contributed by atoms with Crippen LogP contribution < -0.4 is 19.7 Å². The number of hydrogen-bond donors (Lipinski definition) is 1. The third kappa shape index (κ3) is 6.22. The van der Waals surface area contributed by atoms with Crippen LogP contribution in [-0.2, 0) is 16.0 Å². The fourth-order valence-corrected chi connectivity index (χ4v) is 5.20. The van der Waals surface area contributed by atoms with E-state index < -0.39 is 6.04 Å². The van der Waals surface area contributed by atoms with Crippen LogP contribution in [0.25, 0.3) is 0 Å². The number of ether oxygens (including phenoxy) is 2. The summed E-state index contributed by atoms with van der Waals surface area (Å²) in [4.78, 5) is 30.2. The van der Waals surface area contributed by atoms with Crippen molar-refractivity contribution in [3.05, 3.63) is 76.5 Å². The van der Waals surface area contributed by atoms with Crippen LogP contribution in [0.4, 0.5) is 5.69 Å². The van der Waals surface area contributed by atoms with Crippen molar-refractivity contribution in [3.63, 3.8) is 0 Å². The Balaban J connectivity index is 1.74. The van der Waals surface area contributed by atoms with Gasteiger partial charge in [0.2, 0.25) is 11.8 Å². The molecule has 2 aromatic carbocycles. The van der Waals surface area contributed by atoms with E-state index in [2.05, 4.69) is 5.32 Å². The summed E-state index contributed by atoms with van der Waals surface area (Å²) in [6.07, 6.45) is 4.37. The van der Waals surface area contributed by atoms with Gasteiger partial charge in [0.25, 0.3) is 0 Å². The van der Waals surface area contributed by atoms with Crippen molar-refractivity contribution in [2.24, 2.45) is 0 Å². The topological polar surface area (TPSA) is 67.9 Å². The van der Waals surface area contributed by atoms with Gasteiger partial charge in [0, 0.05) is 16.6 Å². The Morgan fingerprint density at radius 3 is 2.31 bits per heavy atom. The summed E-state index contributed by atoms with van der Waals surface area (Å²) in [5.74, 6) is 1.11. The normalized spacial score (nSPS) is 14.3. The predicted octanol–water partition coefficient (Wildman–Crippen LogP) is 5.53. The van der Waals surface area contributed by atoms with Gasteiger partial charge < -0.3 is 14.8 Å². The van der Waals surface area contributed by atoms with E-state index in [4.69, 9.17) is 9.47 Å². The van der Waals surface area contributed by atoms with Crippen LogP contribution in [0, 0.1) is 0 Å². The van der Waals surface area contributed by atoms with E-state index >= 15 is 0 Å². The monoisotopic (exact) mass is 492 g/mol. The zero-order valence-electron chi connectivity index (χ0n) is 20.2. The van der Waals surface area contributed by atoms with Crippen LogP contribution in [-0.4, -0.2) is 31.6 Å². The number of anilines is 1. The van der Waals surface area contributed by atoms with E-state index in [1.807, 2.05) is 73.0 Å². The lowest BCUT2D eigenvalue weighted by atomic mass is 10.0. The molecule has 1 aliphatic rings. The number of benzene rings is 2. The fourth-order valence-electron chi connectivity index (χ4n) is 4.51. The van der Waals surface area contributed by atoms with Crippen LogP contribution in [0.15, 0.2) is 66.0 Å². The Bertz CT molecular complexity index is 1090. The largest absolute Gasteiger partial charge is 0.497 e. The van der Waals surface area contributed by atoms with Gasteiger partial charge in [-0.25, -0.2) is 0 Å². The van der Waals surface area contributed by atoms with Crippen molar-refractivity contribution < 1.29 is 19.1 Å². The molecule has 0 saturated heterocycles. The number of hydrogen-bond acceptors (Lipinski definition) is 5. The second kappa shape index (κ2) is 11.9. The molecule has 1 atom stereocenters. The highest BCUT2D eigenvalue weighted by molar-refractivity contribution is 7.10. The second-order valence-corrected chi connectivity index (χ2v) is 9.64. The van der Waals surface area contributed by atoms with Crippen molar-refractivity contribution >= 4 is 28.8 Å². The molecule has 7 heteroatoms. The molecule has 35 heavy (non-hydrogen) atoms. The van der Waals surface area contributed by atoms with Crippen LogP contribution in [0.5, 0.6) is 11.5 Å². The van der Waals surface area contributed by atoms with Gasteiger partial charge in [-0.1, -0.05) is 31.0 Å². The minimum Gasteiger partial charge on any atom is -0.497 e. The standard InChI is InChI=1S/C28H32N2O4S/c1-3-34-24-14-10-20(11-15-24)27(28(32)29-21-7-4-5-8-21)30(22-12-16-23(33-2)17-13-22)26(31)19-25-9-6-18-35-25/h6,9-18,21,27H,3-5,7-8,19H2,1-2H3,(H,29,32). The Hall–Kier alpha value is -3.32. The molecule has 1 unspecified atom stereocenters. The highest BCUT2D eigenvalue weighted by Gasteiger charge is 2.34. The number of carbonyl (C=O) groups is 2. The van der Waals surface area contributed by atoms with E-state index in [0.29, 0.717) is 18.0 Å². The number of nitrogens with zero attached hydrogens (tertiary/aromatic N) is 1. The SMILES string of the molecule is CCOc1ccc(C(C(=O)NC2CCCC2)N(C(=O)Cc2cccs2)c2ccc(OC)cc2)cc1. The zero-order chi connectivity index (χ0) is 24.6. The van der Waals surface area contributed by atoms with Crippen LogP contribution in [0.3, 0.4) is 0 Å². The van der Waals surface area contributed by atoms with Gasteiger partial charge in [-0.3, -0.25) is 14.5 Å². The Kier molecular flexibility index (Phi) is 8.42. The number of rotatable bonds is 10. The molecule has 1 fully saturated rings. The number of thiophene rings is 1. The molecule has 4 rings (SSSR count). The average molecular weight is 493 g/mol. The molecule has 0 spiro atoms. The molecule has 0 aliphatic heterocycles. The Morgan fingerprint density at radius 2 is 1.71 bits per heavy atom. The molecule has 1 saturated carbocycles. The Morgan fingerprint density at radius 1 is 1.03 bits per heavy atom. The molecule has 184 valence electrons. The third-order valence-electron chi connectivity index (χ3n) is 6.24. The number of methoxy groups -OCH3 is 1. The molecule has 1 heterocycles. The van der Waals surface area contributed by atoms with Gasteiger partial charge in [-0.15, -0.1) is 11.3 Å². The quantitative estimate of drug-likeness (QED) is 0.404. The highest BCUT2D eigenvalue weighted by Crippen LogP contribution is 2.32. The van der Waals surface area contributed by atoms with E-state index in [9.17, 15) is 9.59 Å². The molecule has 2 amide bonds. The van der Waals surface area contributed by atoms with Crippen molar-refractivity contribution in [2.45, 2.75) is 51.1 Å². The first-order valence-electron chi connectivity index (χ1n) is 12.1. The van der Waals surface area contributed by atoms with Gasteiger partial charge in [0.1, 0.15) is 17.5 Å². The summed E-state index contributed by atoms with van der Waals surface area (Å²) in [6, 6.07) is 17.9. The van der Waals surface area contributed by atoms with Crippen molar-refractivity contribution in [1.29, 1.82) is 0 Å². The van der Waals surface area contributed by atoms with Gasteiger partial charge in [0.15, 0.2) is 0 Å². The summed E-state index contributed by atoms with van der Waals surface area (Å²) in [5.41, 5.74) is 1.38. The lowest BCUT2D eigenvalue weighted by Gasteiger charge is -2.32. The zero-order valence-corrected chi connectivity index (χ0v) is 21.1. The Labute approximate surface area is 210 Å². The van der Waals surface area contributed by atoms with Gasteiger partial charge in [0.05, 0.1) is 20.1 Å². The van der Waals surface area contributed by atoms with E-state index in [1.54, 1.807) is 12.0 Å². The smallest absolute Gasteiger partial charge is 0.248 e.